The number of sulfonamides is 1. The quantitative estimate of drug-likeness (QED) is 0.717. The second-order valence-electron chi connectivity index (χ2n) is 5.60. The summed E-state index contributed by atoms with van der Waals surface area (Å²) in [5.41, 5.74) is 8.46. The van der Waals surface area contributed by atoms with E-state index in [9.17, 15) is 12.8 Å². The van der Waals surface area contributed by atoms with E-state index in [-0.39, 0.29) is 27.8 Å². The highest BCUT2D eigenvalue weighted by molar-refractivity contribution is 9.10. The molecule has 1 aliphatic carbocycles. The van der Waals surface area contributed by atoms with Crippen LogP contribution >= 0.6 is 28.3 Å². The predicted molar refractivity (Wildman–Crippen MR) is 98.2 cm³/mol. The topological polar surface area (TPSA) is 72.2 Å². The number of aryl methyl sites for hydroxylation is 1. The lowest BCUT2D eigenvalue weighted by molar-refractivity contribution is 0.506. The first-order valence-electron chi connectivity index (χ1n) is 7.22. The minimum absolute atomic E-state index is 0. The molecule has 0 saturated heterocycles. The fourth-order valence-corrected chi connectivity index (χ4v) is 4.36. The average molecular weight is 436 g/mol. The van der Waals surface area contributed by atoms with Crippen LogP contribution in [-0.4, -0.2) is 8.42 Å². The van der Waals surface area contributed by atoms with Gasteiger partial charge < -0.3 is 5.73 Å². The van der Waals surface area contributed by atoms with Gasteiger partial charge in [-0.3, -0.25) is 0 Å². The smallest absolute Gasteiger partial charge is 0.241 e. The summed E-state index contributed by atoms with van der Waals surface area (Å²) in [5, 5.41) is 0. The highest BCUT2D eigenvalue weighted by Crippen LogP contribution is 2.32. The number of rotatable bonds is 3. The minimum Gasteiger partial charge on any atom is -0.399 e. The largest absolute Gasteiger partial charge is 0.399 e. The van der Waals surface area contributed by atoms with E-state index in [0.29, 0.717) is 12.1 Å². The van der Waals surface area contributed by atoms with Crippen LogP contribution in [0.2, 0.25) is 0 Å². The summed E-state index contributed by atoms with van der Waals surface area (Å²) in [6, 6.07) is 8.97. The van der Waals surface area contributed by atoms with Crippen molar-refractivity contribution in [1.29, 1.82) is 0 Å². The first-order valence-corrected chi connectivity index (χ1v) is 9.50. The molecule has 2 aromatic carbocycles. The van der Waals surface area contributed by atoms with Gasteiger partial charge in [0, 0.05) is 11.7 Å². The van der Waals surface area contributed by atoms with Crippen molar-refractivity contribution in [1.82, 2.24) is 4.72 Å². The van der Waals surface area contributed by atoms with Gasteiger partial charge in [0.2, 0.25) is 10.0 Å². The molecular weight excluding hydrogens is 419 g/mol. The molecule has 1 atom stereocenters. The monoisotopic (exact) mass is 434 g/mol. The first kappa shape index (κ1) is 19.2. The highest BCUT2D eigenvalue weighted by Gasteiger charge is 2.26. The van der Waals surface area contributed by atoms with Gasteiger partial charge >= 0.3 is 0 Å². The van der Waals surface area contributed by atoms with Gasteiger partial charge in [0.15, 0.2) is 0 Å². The Morgan fingerprint density at radius 1 is 1.21 bits per heavy atom. The van der Waals surface area contributed by atoms with E-state index in [1.807, 2.05) is 12.1 Å². The summed E-state index contributed by atoms with van der Waals surface area (Å²) in [7, 11) is -3.79. The molecule has 24 heavy (non-hydrogen) atoms. The molecule has 0 aromatic heterocycles. The second kappa shape index (κ2) is 7.39. The van der Waals surface area contributed by atoms with Crippen LogP contribution in [-0.2, 0) is 16.4 Å². The number of nitrogens with one attached hydrogen (secondary N) is 1. The Labute approximate surface area is 155 Å². The third kappa shape index (κ3) is 3.91. The molecule has 0 spiro atoms. The molecule has 0 bridgehead atoms. The Balaban J connectivity index is 0.00000208. The molecule has 0 radical (unpaired) electrons. The number of hydrogen-bond acceptors (Lipinski definition) is 3. The molecule has 0 fully saturated rings. The van der Waals surface area contributed by atoms with E-state index in [0.717, 1.165) is 30.0 Å². The number of nitrogens with two attached hydrogens (primary N) is 1. The summed E-state index contributed by atoms with van der Waals surface area (Å²) in [6.45, 7) is 0. The van der Waals surface area contributed by atoms with Crippen LogP contribution in [0.4, 0.5) is 10.1 Å². The number of fused-ring (bicyclic) bond motifs is 1. The van der Waals surface area contributed by atoms with E-state index < -0.39 is 15.8 Å². The summed E-state index contributed by atoms with van der Waals surface area (Å²) >= 11 is 3.02. The maximum atomic E-state index is 13.6. The zero-order chi connectivity index (χ0) is 16.6. The van der Waals surface area contributed by atoms with Gasteiger partial charge in [-0.25, -0.2) is 17.5 Å². The zero-order valence-corrected chi connectivity index (χ0v) is 15.8. The standard InChI is InChI=1S/C16H16BrFN2O2S.ClH/c17-14-7-5-12(9-15(14)18)23(21,22)20-16-3-1-2-10-8-11(19)4-6-13(10)16;/h4-9,16,20H,1-3,19H2;1H. The molecule has 130 valence electrons. The molecule has 0 aliphatic heterocycles. The second-order valence-corrected chi connectivity index (χ2v) is 8.17. The van der Waals surface area contributed by atoms with Gasteiger partial charge in [-0.05, 0) is 76.7 Å². The van der Waals surface area contributed by atoms with Crippen LogP contribution in [0.5, 0.6) is 0 Å². The minimum atomic E-state index is -3.79. The van der Waals surface area contributed by atoms with E-state index in [2.05, 4.69) is 20.7 Å². The van der Waals surface area contributed by atoms with Crippen LogP contribution in [0.3, 0.4) is 0 Å². The summed E-state index contributed by atoms with van der Waals surface area (Å²) in [6.07, 6.45) is 2.46. The zero-order valence-electron chi connectivity index (χ0n) is 12.6. The van der Waals surface area contributed by atoms with Crippen molar-refractivity contribution in [3.05, 3.63) is 57.8 Å². The molecule has 0 saturated carbocycles. The normalized spacial score (nSPS) is 17.0. The summed E-state index contributed by atoms with van der Waals surface area (Å²) < 4.78 is 41.6. The van der Waals surface area contributed by atoms with Gasteiger partial charge in [0.05, 0.1) is 9.37 Å². The van der Waals surface area contributed by atoms with Crippen LogP contribution in [0, 0.1) is 5.82 Å². The van der Waals surface area contributed by atoms with E-state index >= 15 is 0 Å². The van der Waals surface area contributed by atoms with Gasteiger partial charge in [-0.1, -0.05) is 6.07 Å². The lowest BCUT2D eigenvalue weighted by Crippen LogP contribution is -2.31. The van der Waals surface area contributed by atoms with Gasteiger partial charge in [-0.15, -0.1) is 12.4 Å². The van der Waals surface area contributed by atoms with Crippen molar-refractivity contribution in [2.75, 3.05) is 5.73 Å². The van der Waals surface area contributed by atoms with E-state index in [1.54, 1.807) is 6.07 Å². The summed E-state index contributed by atoms with van der Waals surface area (Å²) in [5.74, 6) is -0.607. The molecule has 0 heterocycles. The fraction of sp³-hybridized carbons (Fsp3) is 0.250. The maximum Gasteiger partial charge on any atom is 0.241 e. The number of anilines is 1. The Hall–Kier alpha value is -1.15. The summed E-state index contributed by atoms with van der Waals surface area (Å²) in [4.78, 5) is -0.0826. The van der Waals surface area contributed by atoms with Crippen LogP contribution in [0.25, 0.3) is 0 Å². The van der Waals surface area contributed by atoms with Gasteiger partial charge in [0.1, 0.15) is 5.82 Å². The van der Waals surface area contributed by atoms with Crippen LogP contribution in [0.1, 0.15) is 30.0 Å². The van der Waals surface area contributed by atoms with Crippen molar-refractivity contribution in [3.8, 4) is 0 Å². The van der Waals surface area contributed by atoms with Crippen molar-refractivity contribution in [2.45, 2.75) is 30.2 Å². The molecule has 1 unspecified atom stereocenters. The third-order valence-corrected chi connectivity index (χ3v) is 6.09. The van der Waals surface area contributed by atoms with Crippen molar-refractivity contribution in [2.24, 2.45) is 0 Å². The third-order valence-electron chi connectivity index (χ3n) is 3.98. The fourth-order valence-electron chi connectivity index (χ4n) is 2.86. The number of hydrogen-bond donors (Lipinski definition) is 2. The number of halogens is 3. The Bertz CT molecular complexity index is 861. The average Bonchev–Trinajstić information content (AvgIpc) is 2.49. The Morgan fingerprint density at radius 2 is 1.96 bits per heavy atom. The molecule has 2 aromatic rings. The lowest BCUT2D eigenvalue weighted by Gasteiger charge is -2.26. The first-order chi connectivity index (χ1) is 10.9. The Morgan fingerprint density at radius 3 is 2.67 bits per heavy atom. The Kier molecular flexibility index (Phi) is 5.91. The number of benzene rings is 2. The lowest BCUT2D eigenvalue weighted by atomic mass is 9.88. The molecule has 4 nitrogen and oxygen atoms in total. The van der Waals surface area contributed by atoms with Crippen LogP contribution in [0.15, 0.2) is 45.8 Å². The predicted octanol–water partition coefficient (Wildman–Crippen LogP) is 3.95. The molecule has 1 aliphatic rings. The van der Waals surface area contributed by atoms with E-state index in [4.69, 9.17) is 5.73 Å². The molecular formula is C16H17BrClFN2O2S. The number of nitrogen functional groups attached to an aromatic ring is 1. The molecule has 8 heteroatoms. The van der Waals surface area contributed by atoms with E-state index in [1.165, 1.54) is 12.1 Å². The SMILES string of the molecule is Cl.Nc1ccc2c(c1)CCCC2NS(=O)(=O)c1ccc(Br)c(F)c1. The van der Waals surface area contributed by atoms with Crippen molar-refractivity contribution >= 4 is 44.0 Å². The van der Waals surface area contributed by atoms with Gasteiger partial charge in [-0.2, -0.15) is 0 Å². The van der Waals surface area contributed by atoms with Crippen LogP contribution < -0.4 is 10.5 Å². The molecule has 0 amide bonds. The van der Waals surface area contributed by atoms with Crippen molar-refractivity contribution < 1.29 is 12.8 Å². The maximum absolute atomic E-state index is 13.6. The highest BCUT2D eigenvalue weighted by atomic mass is 79.9. The molecule has 3 N–H and O–H groups in total. The molecule has 3 rings (SSSR count). The van der Waals surface area contributed by atoms with Gasteiger partial charge in [0.25, 0.3) is 0 Å². The van der Waals surface area contributed by atoms with Crippen molar-refractivity contribution in [3.63, 3.8) is 0 Å².